The Morgan fingerprint density at radius 1 is 1.27 bits per heavy atom. The summed E-state index contributed by atoms with van der Waals surface area (Å²) in [6, 6.07) is 6.56. The number of rotatable bonds is 6. The number of hydrogen-bond donors (Lipinski definition) is 1. The van der Waals surface area contributed by atoms with Crippen LogP contribution in [0.3, 0.4) is 0 Å². The first-order valence-corrected chi connectivity index (χ1v) is 4.24. The van der Waals surface area contributed by atoms with Crippen molar-refractivity contribution in [3.8, 4) is 11.5 Å². The lowest BCUT2D eigenvalue weighted by molar-refractivity contribution is -0.139. The zero-order valence-corrected chi connectivity index (χ0v) is 7.88. The van der Waals surface area contributed by atoms with E-state index >= 15 is 0 Å². The van der Waals surface area contributed by atoms with E-state index in [9.17, 15) is 9.59 Å². The standard InChI is InChI=1S/C10H10O5/c11-5-6-14-8-3-1-2-4-9(8)15-7-10(12)13/h1-5H,6-7H2,(H,12,13). The quantitative estimate of drug-likeness (QED) is 0.700. The van der Waals surface area contributed by atoms with Crippen LogP contribution >= 0.6 is 0 Å². The third kappa shape index (κ3) is 3.68. The predicted octanol–water partition coefficient (Wildman–Crippen LogP) is 0.728. The summed E-state index contributed by atoms with van der Waals surface area (Å²) in [6.07, 6.45) is 0.605. The first kappa shape index (κ1) is 11.0. The fourth-order valence-electron chi connectivity index (χ4n) is 0.952. The highest BCUT2D eigenvalue weighted by atomic mass is 16.5. The average Bonchev–Trinajstić information content (AvgIpc) is 2.24. The average molecular weight is 210 g/mol. The minimum atomic E-state index is -1.07. The second kappa shape index (κ2) is 5.64. The van der Waals surface area contributed by atoms with Gasteiger partial charge in [-0.25, -0.2) is 4.79 Å². The summed E-state index contributed by atoms with van der Waals surface area (Å²) < 4.78 is 9.99. The molecule has 0 unspecified atom stereocenters. The number of ether oxygens (including phenoxy) is 2. The minimum absolute atomic E-state index is 0.0898. The third-order valence-electron chi connectivity index (χ3n) is 1.51. The van der Waals surface area contributed by atoms with Crippen LogP contribution in [0.2, 0.25) is 0 Å². The highest BCUT2D eigenvalue weighted by Gasteiger charge is 2.05. The Hall–Kier alpha value is -2.04. The van der Waals surface area contributed by atoms with Crippen LogP contribution in [0.1, 0.15) is 0 Å². The maximum atomic E-state index is 10.3. The molecule has 15 heavy (non-hydrogen) atoms. The Kier molecular flexibility index (Phi) is 4.15. The first-order chi connectivity index (χ1) is 7.24. The molecule has 0 spiro atoms. The van der Waals surface area contributed by atoms with Crippen molar-refractivity contribution in [1.82, 2.24) is 0 Å². The summed E-state index contributed by atoms with van der Waals surface area (Å²) in [7, 11) is 0. The Morgan fingerprint density at radius 3 is 2.40 bits per heavy atom. The molecule has 5 nitrogen and oxygen atoms in total. The molecule has 0 radical (unpaired) electrons. The van der Waals surface area contributed by atoms with Crippen molar-refractivity contribution in [2.45, 2.75) is 0 Å². The van der Waals surface area contributed by atoms with Crippen LogP contribution in [0.15, 0.2) is 24.3 Å². The van der Waals surface area contributed by atoms with Crippen molar-refractivity contribution in [3.05, 3.63) is 24.3 Å². The van der Waals surface area contributed by atoms with Crippen molar-refractivity contribution in [3.63, 3.8) is 0 Å². The largest absolute Gasteiger partial charge is 0.482 e. The number of aldehydes is 1. The van der Waals surface area contributed by atoms with Crippen molar-refractivity contribution in [2.24, 2.45) is 0 Å². The molecule has 0 heterocycles. The number of benzene rings is 1. The van der Waals surface area contributed by atoms with E-state index in [1.54, 1.807) is 24.3 Å². The molecule has 80 valence electrons. The van der Waals surface area contributed by atoms with E-state index in [0.717, 1.165) is 0 Å². The summed E-state index contributed by atoms with van der Waals surface area (Å²) in [5.41, 5.74) is 0. The van der Waals surface area contributed by atoms with Gasteiger partial charge in [-0.15, -0.1) is 0 Å². The monoisotopic (exact) mass is 210 g/mol. The summed E-state index contributed by atoms with van der Waals surface area (Å²) in [5, 5.41) is 8.42. The second-order valence-electron chi connectivity index (χ2n) is 2.61. The Morgan fingerprint density at radius 2 is 1.87 bits per heavy atom. The van der Waals surface area contributed by atoms with Crippen molar-refractivity contribution < 1.29 is 24.2 Å². The van der Waals surface area contributed by atoms with E-state index < -0.39 is 12.6 Å². The van der Waals surface area contributed by atoms with Crippen LogP contribution in [-0.4, -0.2) is 30.6 Å². The zero-order valence-electron chi connectivity index (χ0n) is 7.88. The molecule has 0 aliphatic rings. The maximum Gasteiger partial charge on any atom is 0.341 e. The van der Waals surface area contributed by atoms with Gasteiger partial charge in [0.05, 0.1) is 0 Å². The smallest absolute Gasteiger partial charge is 0.341 e. The fourth-order valence-corrected chi connectivity index (χ4v) is 0.952. The fraction of sp³-hybridized carbons (Fsp3) is 0.200. The molecular weight excluding hydrogens is 200 g/mol. The van der Waals surface area contributed by atoms with Gasteiger partial charge in [-0.2, -0.15) is 0 Å². The topological polar surface area (TPSA) is 72.8 Å². The SMILES string of the molecule is O=CCOc1ccccc1OCC(=O)O. The second-order valence-corrected chi connectivity index (χ2v) is 2.61. The van der Waals surface area contributed by atoms with Crippen molar-refractivity contribution in [1.29, 1.82) is 0 Å². The van der Waals surface area contributed by atoms with Gasteiger partial charge >= 0.3 is 5.97 Å². The molecule has 1 aromatic rings. The highest BCUT2D eigenvalue weighted by molar-refractivity contribution is 5.68. The number of aliphatic carboxylic acids is 1. The zero-order chi connectivity index (χ0) is 11.1. The molecule has 5 heteroatoms. The van der Waals surface area contributed by atoms with Crippen LogP contribution < -0.4 is 9.47 Å². The van der Waals surface area contributed by atoms with E-state index in [0.29, 0.717) is 17.8 Å². The van der Waals surface area contributed by atoms with E-state index in [2.05, 4.69) is 0 Å². The molecular formula is C10H10O5. The van der Waals surface area contributed by atoms with Crippen LogP contribution in [-0.2, 0) is 9.59 Å². The normalized spacial score (nSPS) is 9.33. The van der Waals surface area contributed by atoms with E-state index in [1.165, 1.54) is 0 Å². The number of carbonyl (C=O) groups is 2. The molecule has 1 N–H and O–H groups in total. The molecule has 0 aliphatic heterocycles. The number of carbonyl (C=O) groups excluding carboxylic acids is 1. The lowest BCUT2D eigenvalue weighted by Gasteiger charge is -2.09. The number of hydrogen-bond acceptors (Lipinski definition) is 4. The third-order valence-corrected chi connectivity index (χ3v) is 1.51. The summed E-state index contributed by atoms with van der Waals surface area (Å²) >= 11 is 0. The molecule has 0 amide bonds. The Balaban J connectivity index is 2.67. The van der Waals surface area contributed by atoms with Gasteiger partial charge in [-0.05, 0) is 12.1 Å². The lowest BCUT2D eigenvalue weighted by Crippen LogP contribution is -2.10. The number of carboxylic acids is 1. The van der Waals surface area contributed by atoms with Crippen LogP contribution in [0.5, 0.6) is 11.5 Å². The van der Waals surface area contributed by atoms with Crippen molar-refractivity contribution in [2.75, 3.05) is 13.2 Å². The van der Waals surface area contributed by atoms with E-state index in [-0.39, 0.29) is 6.61 Å². The van der Waals surface area contributed by atoms with Gasteiger partial charge in [0.2, 0.25) is 0 Å². The van der Waals surface area contributed by atoms with Gasteiger partial charge < -0.3 is 14.6 Å². The van der Waals surface area contributed by atoms with Crippen LogP contribution in [0, 0.1) is 0 Å². The molecule has 1 aromatic carbocycles. The van der Waals surface area contributed by atoms with E-state index in [4.69, 9.17) is 14.6 Å². The molecule has 0 atom stereocenters. The summed E-state index contributed by atoms with van der Waals surface area (Å²) in [6.45, 7) is -0.533. The molecule has 0 saturated heterocycles. The number of carboxylic acid groups (broad SMARTS) is 1. The van der Waals surface area contributed by atoms with Gasteiger partial charge in [0.25, 0.3) is 0 Å². The minimum Gasteiger partial charge on any atom is -0.482 e. The lowest BCUT2D eigenvalue weighted by atomic mass is 10.3. The van der Waals surface area contributed by atoms with Gasteiger partial charge in [0.15, 0.2) is 24.4 Å². The summed E-state index contributed by atoms with van der Waals surface area (Å²) in [4.78, 5) is 20.4. The van der Waals surface area contributed by atoms with Gasteiger partial charge in [0, 0.05) is 0 Å². The molecule has 0 bridgehead atoms. The molecule has 1 rings (SSSR count). The summed E-state index contributed by atoms with van der Waals surface area (Å²) in [5.74, 6) is -0.409. The van der Waals surface area contributed by atoms with E-state index in [1.807, 2.05) is 0 Å². The van der Waals surface area contributed by atoms with Crippen molar-refractivity contribution >= 4 is 12.3 Å². The Bertz CT molecular complexity index is 347. The molecule has 0 aromatic heterocycles. The first-order valence-electron chi connectivity index (χ1n) is 4.24. The highest BCUT2D eigenvalue weighted by Crippen LogP contribution is 2.25. The van der Waals surface area contributed by atoms with Gasteiger partial charge in [0.1, 0.15) is 6.61 Å². The maximum absolute atomic E-state index is 10.3. The molecule has 0 saturated carbocycles. The molecule has 0 fully saturated rings. The van der Waals surface area contributed by atoms with Gasteiger partial charge in [-0.3, -0.25) is 4.79 Å². The Labute approximate surface area is 86.2 Å². The van der Waals surface area contributed by atoms with Gasteiger partial charge in [-0.1, -0.05) is 12.1 Å². The number of para-hydroxylation sites is 2. The van der Waals surface area contributed by atoms with Crippen LogP contribution in [0.4, 0.5) is 0 Å². The molecule has 0 aliphatic carbocycles. The van der Waals surface area contributed by atoms with Crippen LogP contribution in [0.25, 0.3) is 0 Å². The predicted molar refractivity (Wildman–Crippen MR) is 51.1 cm³/mol.